The standard InChI is InChI=1S/C21H23NO4/c1-21(2,24)19-5-3-4-18(19)20(23)16-8-6-14(7-9-16)15-10-12-17(13-11-15)22(25)26/h6-13,18-19,24H,3-5H2,1-2H3/t18-,19-/m1/s1. The fraction of sp³-hybridized carbons (Fsp3) is 0.381. The van der Waals surface area contributed by atoms with Crippen LogP contribution in [-0.2, 0) is 0 Å². The van der Waals surface area contributed by atoms with Crippen molar-refractivity contribution in [3.05, 3.63) is 64.2 Å². The van der Waals surface area contributed by atoms with Crippen molar-refractivity contribution in [2.75, 3.05) is 0 Å². The molecule has 1 fully saturated rings. The lowest BCUT2D eigenvalue weighted by molar-refractivity contribution is -0.384. The van der Waals surface area contributed by atoms with E-state index >= 15 is 0 Å². The van der Waals surface area contributed by atoms with Gasteiger partial charge >= 0.3 is 0 Å². The number of Topliss-reactive ketones (excluding diaryl/α,β-unsaturated/α-hetero) is 1. The molecule has 1 aliphatic rings. The van der Waals surface area contributed by atoms with Gasteiger partial charge in [0, 0.05) is 23.6 Å². The second-order valence-corrected chi connectivity index (χ2v) is 7.54. The lowest BCUT2D eigenvalue weighted by atomic mass is 9.79. The van der Waals surface area contributed by atoms with Crippen molar-refractivity contribution >= 4 is 11.5 Å². The van der Waals surface area contributed by atoms with Gasteiger partial charge in [-0.2, -0.15) is 0 Å². The van der Waals surface area contributed by atoms with Gasteiger partial charge in [-0.15, -0.1) is 0 Å². The van der Waals surface area contributed by atoms with Crippen LogP contribution in [0.1, 0.15) is 43.5 Å². The Kier molecular flexibility index (Phi) is 4.92. The van der Waals surface area contributed by atoms with Crippen LogP contribution in [0.3, 0.4) is 0 Å². The first-order valence-corrected chi connectivity index (χ1v) is 8.89. The van der Waals surface area contributed by atoms with Crippen molar-refractivity contribution in [3.8, 4) is 11.1 Å². The third-order valence-electron chi connectivity index (χ3n) is 5.34. The Morgan fingerprint density at radius 3 is 2.08 bits per heavy atom. The first-order valence-electron chi connectivity index (χ1n) is 8.89. The molecule has 0 radical (unpaired) electrons. The van der Waals surface area contributed by atoms with Crippen LogP contribution in [0, 0.1) is 22.0 Å². The van der Waals surface area contributed by atoms with E-state index in [1.807, 2.05) is 12.1 Å². The van der Waals surface area contributed by atoms with Crippen LogP contribution in [0.25, 0.3) is 11.1 Å². The van der Waals surface area contributed by atoms with Gasteiger partial charge in [0.25, 0.3) is 5.69 Å². The van der Waals surface area contributed by atoms with E-state index in [0.29, 0.717) is 5.56 Å². The largest absolute Gasteiger partial charge is 0.390 e. The highest BCUT2D eigenvalue weighted by Gasteiger charge is 2.41. The summed E-state index contributed by atoms with van der Waals surface area (Å²) in [6.07, 6.45) is 2.66. The molecule has 136 valence electrons. The zero-order valence-corrected chi connectivity index (χ0v) is 15.0. The minimum Gasteiger partial charge on any atom is -0.390 e. The molecule has 26 heavy (non-hydrogen) atoms. The van der Waals surface area contributed by atoms with E-state index in [1.165, 1.54) is 12.1 Å². The van der Waals surface area contributed by atoms with E-state index in [2.05, 4.69) is 0 Å². The van der Waals surface area contributed by atoms with Gasteiger partial charge in [-0.25, -0.2) is 0 Å². The zero-order chi connectivity index (χ0) is 18.9. The number of non-ortho nitro benzene ring substituents is 1. The topological polar surface area (TPSA) is 80.4 Å². The average Bonchev–Trinajstić information content (AvgIpc) is 3.11. The van der Waals surface area contributed by atoms with Gasteiger partial charge < -0.3 is 5.11 Å². The first-order chi connectivity index (χ1) is 12.3. The SMILES string of the molecule is CC(C)(O)[C@@H]1CCC[C@H]1C(=O)c1ccc(-c2ccc([N+](=O)[O-])cc2)cc1. The molecule has 0 amide bonds. The summed E-state index contributed by atoms with van der Waals surface area (Å²) in [6, 6.07) is 13.7. The number of hydrogen-bond acceptors (Lipinski definition) is 4. The Bertz CT molecular complexity index is 803. The number of carbonyl (C=O) groups is 1. The lowest BCUT2D eigenvalue weighted by Crippen LogP contribution is -2.36. The van der Waals surface area contributed by atoms with Gasteiger partial charge in [-0.05, 0) is 55.9 Å². The molecule has 2 aromatic carbocycles. The van der Waals surface area contributed by atoms with E-state index in [4.69, 9.17) is 0 Å². The summed E-state index contributed by atoms with van der Waals surface area (Å²) in [6.45, 7) is 3.56. The number of rotatable bonds is 5. The molecular weight excluding hydrogens is 330 g/mol. The molecule has 1 aliphatic carbocycles. The number of aliphatic hydroxyl groups is 1. The zero-order valence-electron chi connectivity index (χ0n) is 15.0. The highest BCUT2D eigenvalue weighted by molar-refractivity contribution is 5.98. The third kappa shape index (κ3) is 3.68. The molecule has 0 aromatic heterocycles. The average molecular weight is 353 g/mol. The first kappa shape index (κ1) is 18.3. The van der Waals surface area contributed by atoms with Crippen LogP contribution in [0.15, 0.2) is 48.5 Å². The van der Waals surface area contributed by atoms with Crippen molar-refractivity contribution in [1.29, 1.82) is 0 Å². The number of nitro benzene ring substituents is 1. The Morgan fingerprint density at radius 2 is 1.58 bits per heavy atom. The van der Waals surface area contributed by atoms with E-state index in [9.17, 15) is 20.0 Å². The van der Waals surface area contributed by atoms with Gasteiger partial charge in [0.05, 0.1) is 10.5 Å². The van der Waals surface area contributed by atoms with Crippen molar-refractivity contribution < 1.29 is 14.8 Å². The van der Waals surface area contributed by atoms with E-state index in [1.54, 1.807) is 38.1 Å². The predicted molar refractivity (Wildman–Crippen MR) is 100.0 cm³/mol. The molecule has 0 spiro atoms. The molecule has 1 saturated carbocycles. The molecule has 2 aromatic rings. The molecule has 1 N–H and O–H groups in total. The maximum atomic E-state index is 12.9. The van der Waals surface area contributed by atoms with Crippen molar-refractivity contribution in [3.63, 3.8) is 0 Å². The Labute approximate surface area is 152 Å². The van der Waals surface area contributed by atoms with Gasteiger partial charge in [0.15, 0.2) is 5.78 Å². The lowest BCUT2D eigenvalue weighted by Gasteiger charge is -2.30. The van der Waals surface area contributed by atoms with E-state index in [-0.39, 0.29) is 23.3 Å². The Hall–Kier alpha value is -2.53. The number of benzene rings is 2. The molecule has 2 atom stereocenters. The second kappa shape index (κ2) is 7.00. The summed E-state index contributed by atoms with van der Waals surface area (Å²) in [7, 11) is 0. The minimum atomic E-state index is -0.852. The van der Waals surface area contributed by atoms with Crippen LogP contribution in [-0.4, -0.2) is 21.4 Å². The number of hydrogen-bond donors (Lipinski definition) is 1. The number of ketones is 1. The number of carbonyl (C=O) groups excluding carboxylic acids is 1. The quantitative estimate of drug-likeness (QED) is 0.483. The summed E-state index contributed by atoms with van der Waals surface area (Å²) in [5.41, 5.74) is 1.62. The maximum Gasteiger partial charge on any atom is 0.269 e. The number of nitro groups is 1. The number of nitrogens with zero attached hydrogens (tertiary/aromatic N) is 1. The molecule has 0 aliphatic heterocycles. The molecule has 0 saturated heterocycles. The van der Waals surface area contributed by atoms with Crippen LogP contribution >= 0.6 is 0 Å². The summed E-state index contributed by atoms with van der Waals surface area (Å²) < 4.78 is 0. The summed E-state index contributed by atoms with van der Waals surface area (Å²) in [5, 5.41) is 21.1. The highest BCUT2D eigenvalue weighted by Crippen LogP contribution is 2.40. The summed E-state index contributed by atoms with van der Waals surface area (Å²) >= 11 is 0. The fourth-order valence-electron chi connectivity index (χ4n) is 3.94. The van der Waals surface area contributed by atoms with Crippen molar-refractivity contribution in [1.82, 2.24) is 0 Å². The maximum absolute atomic E-state index is 12.9. The van der Waals surface area contributed by atoms with Gasteiger partial charge in [-0.1, -0.05) is 30.7 Å². The van der Waals surface area contributed by atoms with Gasteiger partial charge in [0.1, 0.15) is 0 Å². The van der Waals surface area contributed by atoms with E-state index < -0.39 is 10.5 Å². The van der Waals surface area contributed by atoms with Crippen molar-refractivity contribution in [2.45, 2.75) is 38.7 Å². The minimum absolute atomic E-state index is 0.00986. The second-order valence-electron chi connectivity index (χ2n) is 7.54. The summed E-state index contributed by atoms with van der Waals surface area (Å²) in [5.74, 6) is -0.0607. The third-order valence-corrected chi connectivity index (χ3v) is 5.34. The molecule has 0 bridgehead atoms. The van der Waals surface area contributed by atoms with Crippen LogP contribution in [0.5, 0.6) is 0 Å². The smallest absolute Gasteiger partial charge is 0.269 e. The molecule has 0 unspecified atom stereocenters. The summed E-state index contributed by atoms with van der Waals surface area (Å²) in [4.78, 5) is 23.2. The van der Waals surface area contributed by atoms with Gasteiger partial charge in [-0.3, -0.25) is 14.9 Å². The molecule has 3 rings (SSSR count). The Balaban J connectivity index is 1.79. The highest BCUT2D eigenvalue weighted by atomic mass is 16.6. The fourth-order valence-corrected chi connectivity index (χ4v) is 3.94. The molecule has 0 heterocycles. The van der Waals surface area contributed by atoms with Crippen molar-refractivity contribution in [2.24, 2.45) is 11.8 Å². The van der Waals surface area contributed by atoms with E-state index in [0.717, 1.165) is 30.4 Å². The molecular formula is C21H23NO4. The van der Waals surface area contributed by atoms with Crippen LogP contribution in [0.2, 0.25) is 0 Å². The monoisotopic (exact) mass is 353 g/mol. The van der Waals surface area contributed by atoms with Crippen LogP contribution < -0.4 is 0 Å². The van der Waals surface area contributed by atoms with Gasteiger partial charge in [0.2, 0.25) is 0 Å². The Morgan fingerprint density at radius 1 is 1.04 bits per heavy atom. The van der Waals surface area contributed by atoms with Crippen LogP contribution in [0.4, 0.5) is 5.69 Å². The predicted octanol–water partition coefficient (Wildman–Crippen LogP) is 4.63. The molecule has 5 heteroatoms. The molecule has 5 nitrogen and oxygen atoms in total. The normalized spacial score (nSPS) is 20.1.